The van der Waals surface area contributed by atoms with E-state index in [1.165, 1.54) is 0 Å². The Labute approximate surface area is 196 Å². The van der Waals surface area contributed by atoms with E-state index in [0.29, 0.717) is 11.4 Å². The fraction of sp³-hybridized carbons (Fsp3) is 0.423. The molecule has 0 radical (unpaired) electrons. The van der Waals surface area contributed by atoms with E-state index < -0.39 is 11.5 Å². The first kappa shape index (κ1) is 25.5. The molecule has 1 heterocycles. The van der Waals surface area contributed by atoms with Crippen molar-refractivity contribution in [1.82, 2.24) is 4.90 Å². The minimum Gasteiger partial charge on any atom is -0.391 e. The Morgan fingerprint density at radius 1 is 1.16 bits per heavy atom. The number of aliphatic hydroxyl groups is 1. The molecule has 5 heteroatoms. The first-order valence-electron chi connectivity index (χ1n) is 10.8. The molecule has 1 aliphatic rings. The number of hydrogen-bond acceptors (Lipinski definition) is 2. The lowest BCUT2D eigenvalue weighted by Gasteiger charge is -2.48. The first-order chi connectivity index (χ1) is 14.7. The maximum absolute atomic E-state index is 13.3. The van der Waals surface area contributed by atoms with Crippen molar-refractivity contribution in [3.8, 4) is 0 Å². The van der Waals surface area contributed by atoms with Crippen LogP contribution >= 0.6 is 23.2 Å². The lowest BCUT2D eigenvalue weighted by molar-refractivity contribution is -0.156. The van der Waals surface area contributed by atoms with Crippen LogP contribution in [0.2, 0.25) is 10.0 Å². The maximum Gasteiger partial charge on any atom is 0.229 e. The average molecular weight is 462 g/mol. The van der Waals surface area contributed by atoms with Gasteiger partial charge in [-0.25, -0.2) is 0 Å². The summed E-state index contributed by atoms with van der Waals surface area (Å²) < 4.78 is 0. The summed E-state index contributed by atoms with van der Waals surface area (Å²) in [6, 6.07) is 16.9. The van der Waals surface area contributed by atoms with Crippen LogP contribution in [0.15, 0.2) is 67.3 Å². The molecule has 2 aromatic rings. The van der Waals surface area contributed by atoms with Crippen molar-refractivity contribution in [2.45, 2.75) is 64.6 Å². The molecule has 0 spiro atoms. The second-order valence-corrected chi connectivity index (χ2v) is 9.26. The number of carbonyl (C=O) groups excluding carboxylic acids is 1. The van der Waals surface area contributed by atoms with E-state index in [0.717, 1.165) is 29.8 Å². The highest BCUT2D eigenvalue weighted by Crippen LogP contribution is 2.44. The van der Waals surface area contributed by atoms with Crippen LogP contribution in [0.5, 0.6) is 0 Å². The molecule has 0 saturated carbocycles. The van der Waals surface area contributed by atoms with Gasteiger partial charge in [0.05, 0.1) is 23.6 Å². The fourth-order valence-electron chi connectivity index (χ4n) is 4.24. The molecule has 2 aromatic carbocycles. The molecule has 3 nitrogen and oxygen atoms in total. The normalized spacial score (nSPS) is 22.8. The summed E-state index contributed by atoms with van der Waals surface area (Å²) in [7, 11) is 0. The number of halogens is 2. The van der Waals surface area contributed by atoms with Gasteiger partial charge in [0, 0.05) is 10.0 Å². The summed E-state index contributed by atoms with van der Waals surface area (Å²) in [5.74, 6) is 0.112. The minimum atomic E-state index is -0.570. The summed E-state index contributed by atoms with van der Waals surface area (Å²) >= 11 is 11.6. The van der Waals surface area contributed by atoms with Crippen LogP contribution < -0.4 is 0 Å². The van der Waals surface area contributed by atoms with Gasteiger partial charge in [-0.15, -0.1) is 6.58 Å². The van der Waals surface area contributed by atoms with Crippen molar-refractivity contribution in [3.05, 3.63) is 82.9 Å². The molecule has 0 aromatic heterocycles. The highest BCUT2D eigenvalue weighted by atomic mass is 35.5. The van der Waals surface area contributed by atoms with E-state index in [1.54, 1.807) is 6.92 Å². The van der Waals surface area contributed by atoms with Crippen molar-refractivity contribution < 1.29 is 9.90 Å². The van der Waals surface area contributed by atoms with Crippen LogP contribution in [0, 0.1) is 5.41 Å². The number of amides is 1. The van der Waals surface area contributed by atoms with Crippen molar-refractivity contribution in [2.24, 2.45) is 5.41 Å². The summed E-state index contributed by atoms with van der Waals surface area (Å²) in [4.78, 5) is 15.3. The van der Waals surface area contributed by atoms with E-state index >= 15 is 0 Å². The molecule has 3 unspecified atom stereocenters. The quantitative estimate of drug-likeness (QED) is 0.466. The lowest BCUT2D eigenvalue weighted by Crippen LogP contribution is -2.55. The molecule has 1 fully saturated rings. The molecular weight excluding hydrogens is 429 g/mol. The number of aliphatic hydroxyl groups excluding tert-OH is 1. The van der Waals surface area contributed by atoms with Crippen LogP contribution in [0.1, 0.15) is 58.1 Å². The van der Waals surface area contributed by atoms with Gasteiger partial charge in [0.15, 0.2) is 0 Å². The molecule has 31 heavy (non-hydrogen) atoms. The van der Waals surface area contributed by atoms with Gasteiger partial charge in [-0.2, -0.15) is 0 Å². The highest BCUT2D eigenvalue weighted by Gasteiger charge is 2.46. The van der Waals surface area contributed by atoms with E-state index in [1.807, 2.05) is 79.4 Å². The molecule has 0 aliphatic carbocycles. The Morgan fingerprint density at radius 2 is 1.74 bits per heavy atom. The molecule has 3 rings (SSSR count). The smallest absolute Gasteiger partial charge is 0.229 e. The zero-order valence-electron chi connectivity index (χ0n) is 18.6. The van der Waals surface area contributed by atoms with Gasteiger partial charge >= 0.3 is 0 Å². The minimum absolute atomic E-state index is 0.0211. The van der Waals surface area contributed by atoms with Crippen LogP contribution in [0.25, 0.3) is 0 Å². The van der Waals surface area contributed by atoms with Gasteiger partial charge in [0.2, 0.25) is 5.91 Å². The van der Waals surface area contributed by atoms with Crippen LogP contribution in [0.3, 0.4) is 0 Å². The number of carbonyl (C=O) groups is 1. The Morgan fingerprint density at radius 3 is 2.19 bits per heavy atom. The predicted octanol–water partition coefficient (Wildman–Crippen LogP) is 7.09. The molecule has 1 N–H and O–H groups in total. The summed E-state index contributed by atoms with van der Waals surface area (Å²) in [5.41, 5.74) is 0.639. The molecular formula is C26H33Cl2NO2. The number of likely N-dealkylation sites (tertiary alicyclic amines) is 1. The van der Waals surface area contributed by atoms with Gasteiger partial charge in [-0.05, 0) is 62.4 Å². The molecule has 1 aliphatic heterocycles. The molecule has 0 bridgehead atoms. The van der Waals surface area contributed by atoms with Gasteiger partial charge < -0.3 is 10.0 Å². The Balaban J connectivity index is 0.000000412. The second-order valence-electron chi connectivity index (χ2n) is 8.38. The van der Waals surface area contributed by atoms with Gasteiger partial charge in [-0.1, -0.05) is 73.5 Å². The van der Waals surface area contributed by atoms with Crippen LogP contribution in [-0.2, 0) is 4.79 Å². The van der Waals surface area contributed by atoms with Crippen molar-refractivity contribution in [3.63, 3.8) is 0 Å². The van der Waals surface area contributed by atoms with E-state index in [9.17, 15) is 9.90 Å². The third-order valence-corrected chi connectivity index (χ3v) is 6.48. The Bertz CT molecular complexity index is 838. The standard InChI is InChI=1S/C20H28ClNO2.C6H5Cl/c1-5-12-20(4)13-11-18(15-7-9-16(21)10-8-15)22(19(20)24)17(6-2)14(3)23;7-6-4-2-1-3-5-6/h5,7-10,14,17-18,23H,1,6,11-13H2,2-4H3;1-5H/t14?,17?,18?,20-;/m0./s1. The predicted molar refractivity (Wildman–Crippen MR) is 130 cm³/mol. The van der Waals surface area contributed by atoms with Gasteiger partial charge in [-0.3, -0.25) is 4.79 Å². The number of hydrogen-bond donors (Lipinski definition) is 1. The molecule has 1 saturated heterocycles. The molecule has 4 atom stereocenters. The number of nitrogens with zero attached hydrogens (tertiary/aromatic N) is 1. The average Bonchev–Trinajstić information content (AvgIpc) is 2.74. The summed E-state index contributed by atoms with van der Waals surface area (Å²) in [6.45, 7) is 9.60. The third kappa shape index (κ3) is 6.58. The fourth-order valence-corrected chi connectivity index (χ4v) is 4.51. The van der Waals surface area contributed by atoms with E-state index in [-0.39, 0.29) is 18.0 Å². The number of rotatable bonds is 6. The van der Waals surface area contributed by atoms with Crippen molar-refractivity contribution >= 4 is 29.1 Å². The zero-order valence-corrected chi connectivity index (χ0v) is 20.1. The number of piperidine rings is 1. The van der Waals surface area contributed by atoms with Crippen LogP contribution in [-0.4, -0.2) is 28.1 Å². The Hall–Kier alpha value is -1.81. The topological polar surface area (TPSA) is 40.5 Å². The van der Waals surface area contributed by atoms with Crippen molar-refractivity contribution in [2.75, 3.05) is 0 Å². The lowest BCUT2D eigenvalue weighted by atomic mass is 9.74. The van der Waals surface area contributed by atoms with E-state index in [4.69, 9.17) is 23.2 Å². The summed E-state index contributed by atoms with van der Waals surface area (Å²) in [5, 5.41) is 11.7. The Kier molecular flexibility index (Phi) is 9.61. The van der Waals surface area contributed by atoms with Crippen molar-refractivity contribution in [1.29, 1.82) is 0 Å². The molecule has 168 valence electrons. The first-order valence-corrected chi connectivity index (χ1v) is 11.6. The molecule has 1 amide bonds. The van der Waals surface area contributed by atoms with Gasteiger partial charge in [0.1, 0.15) is 0 Å². The SMILES string of the molecule is C=CC[C@@]1(C)CCC(c2ccc(Cl)cc2)N(C(CC)C(C)O)C1=O.Clc1ccccc1. The number of allylic oxidation sites excluding steroid dienone is 1. The highest BCUT2D eigenvalue weighted by molar-refractivity contribution is 6.30. The van der Waals surface area contributed by atoms with Gasteiger partial charge in [0.25, 0.3) is 0 Å². The van der Waals surface area contributed by atoms with E-state index in [2.05, 4.69) is 6.58 Å². The maximum atomic E-state index is 13.3. The van der Waals surface area contributed by atoms with Crippen LogP contribution in [0.4, 0.5) is 0 Å². The monoisotopic (exact) mass is 461 g/mol. The largest absolute Gasteiger partial charge is 0.391 e. The summed E-state index contributed by atoms with van der Waals surface area (Å²) in [6.07, 6.45) is 4.32. The zero-order chi connectivity index (χ0) is 23.0. The number of benzene rings is 2. The second kappa shape index (κ2) is 11.7. The third-order valence-electron chi connectivity index (χ3n) is 5.97.